The van der Waals surface area contributed by atoms with Crippen LogP contribution in [0.1, 0.15) is 15.4 Å². The second kappa shape index (κ2) is 5.59. The minimum Gasteiger partial charge on any atom is -0.356 e. The van der Waals surface area contributed by atoms with Gasteiger partial charge in [-0.05, 0) is 25.7 Å². The van der Waals surface area contributed by atoms with Gasteiger partial charge < -0.3 is 4.90 Å². The molecule has 0 N–H and O–H groups in total. The summed E-state index contributed by atoms with van der Waals surface area (Å²) >= 11 is 1.82. The summed E-state index contributed by atoms with van der Waals surface area (Å²) in [6.07, 6.45) is 5.61. The monoisotopic (exact) mass is 315 g/mol. The summed E-state index contributed by atoms with van der Waals surface area (Å²) in [5.74, 6) is 2.65. The van der Waals surface area contributed by atoms with Crippen LogP contribution in [0, 0.1) is 25.7 Å². The fraction of sp³-hybridized carbons (Fsp3) is 0.562. The first-order valence-corrected chi connectivity index (χ1v) is 8.66. The summed E-state index contributed by atoms with van der Waals surface area (Å²) in [5, 5.41) is 1.17. The van der Waals surface area contributed by atoms with Crippen molar-refractivity contribution in [1.29, 1.82) is 0 Å². The molecule has 2 unspecified atom stereocenters. The van der Waals surface area contributed by atoms with E-state index in [9.17, 15) is 0 Å². The Balaban J connectivity index is 1.39. The number of aromatic nitrogens is 3. The van der Waals surface area contributed by atoms with E-state index in [-0.39, 0.29) is 0 Å². The van der Waals surface area contributed by atoms with E-state index >= 15 is 0 Å². The lowest BCUT2D eigenvalue weighted by Gasteiger charge is -2.22. The Morgan fingerprint density at radius 1 is 1.09 bits per heavy atom. The van der Waals surface area contributed by atoms with Crippen LogP contribution in [0.3, 0.4) is 0 Å². The molecule has 0 radical (unpaired) electrons. The number of likely N-dealkylation sites (tertiary alicyclic amines) is 1. The van der Waals surface area contributed by atoms with Crippen molar-refractivity contribution in [3.8, 4) is 0 Å². The van der Waals surface area contributed by atoms with Gasteiger partial charge in [-0.2, -0.15) is 0 Å². The van der Waals surface area contributed by atoms with Crippen LogP contribution >= 0.6 is 11.3 Å². The maximum absolute atomic E-state index is 4.47. The maximum atomic E-state index is 4.47. The summed E-state index contributed by atoms with van der Waals surface area (Å²) in [6.45, 7) is 9.88. The van der Waals surface area contributed by atoms with Gasteiger partial charge in [0.1, 0.15) is 12.1 Å². The molecule has 2 saturated heterocycles. The van der Waals surface area contributed by atoms with E-state index in [0.29, 0.717) is 0 Å². The molecule has 2 aliphatic rings. The zero-order chi connectivity index (χ0) is 15.1. The van der Waals surface area contributed by atoms with Gasteiger partial charge in [0.15, 0.2) is 0 Å². The lowest BCUT2D eigenvalue weighted by molar-refractivity contribution is 0.311. The highest BCUT2D eigenvalue weighted by Crippen LogP contribution is 2.34. The molecule has 0 spiro atoms. The van der Waals surface area contributed by atoms with Crippen LogP contribution in [0.2, 0.25) is 0 Å². The summed E-state index contributed by atoms with van der Waals surface area (Å²) in [7, 11) is 0. The van der Waals surface area contributed by atoms with E-state index in [1.807, 2.05) is 23.7 Å². The number of nitrogens with zero attached hydrogens (tertiary/aromatic N) is 5. The number of rotatable bonds is 3. The molecule has 2 atom stereocenters. The molecule has 2 aliphatic heterocycles. The number of thiazole rings is 1. The average Bonchev–Trinajstić information content (AvgIpc) is 3.14. The quantitative estimate of drug-likeness (QED) is 0.868. The van der Waals surface area contributed by atoms with Crippen LogP contribution in [0.4, 0.5) is 5.82 Å². The SMILES string of the molecule is Cc1ncc(CN2CC3CN(c4ncncc4C)CC3C2)s1. The van der Waals surface area contributed by atoms with Crippen molar-refractivity contribution in [3.63, 3.8) is 0 Å². The minimum absolute atomic E-state index is 0.767. The number of fused-ring (bicyclic) bond motifs is 1. The van der Waals surface area contributed by atoms with Crippen molar-refractivity contribution in [2.45, 2.75) is 20.4 Å². The van der Waals surface area contributed by atoms with E-state index in [2.05, 4.69) is 38.6 Å². The van der Waals surface area contributed by atoms with Gasteiger partial charge in [0, 0.05) is 55.6 Å². The Labute approximate surface area is 135 Å². The Kier molecular flexibility index (Phi) is 3.58. The Morgan fingerprint density at radius 2 is 1.86 bits per heavy atom. The fourth-order valence-electron chi connectivity index (χ4n) is 3.81. The molecule has 22 heavy (non-hydrogen) atoms. The number of aryl methyl sites for hydroxylation is 2. The molecule has 116 valence electrons. The second-order valence-electron chi connectivity index (χ2n) is 6.49. The van der Waals surface area contributed by atoms with Gasteiger partial charge in [-0.25, -0.2) is 15.0 Å². The van der Waals surface area contributed by atoms with Gasteiger partial charge in [0.2, 0.25) is 0 Å². The van der Waals surface area contributed by atoms with E-state index < -0.39 is 0 Å². The molecule has 0 saturated carbocycles. The smallest absolute Gasteiger partial charge is 0.134 e. The van der Waals surface area contributed by atoms with E-state index in [4.69, 9.17) is 0 Å². The van der Waals surface area contributed by atoms with E-state index in [0.717, 1.165) is 37.3 Å². The van der Waals surface area contributed by atoms with Crippen LogP contribution < -0.4 is 4.90 Å². The average molecular weight is 315 g/mol. The number of hydrogen-bond donors (Lipinski definition) is 0. The lowest BCUT2D eigenvalue weighted by Crippen LogP contribution is -2.29. The minimum atomic E-state index is 0.767. The molecular formula is C16H21N5S. The van der Waals surface area contributed by atoms with Crippen LogP contribution in [0.5, 0.6) is 0 Å². The van der Waals surface area contributed by atoms with Crippen LogP contribution in [0.15, 0.2) is 18.7 Å². The van der Waals surface area contributed by atoms with Gasteiger partial charge in [-0.3, -0.25) is 4.90 Å². The molecule has 2 aromatic heterocycles. The molecule has 0 aromatic carbocycles. The Hall–Kier alpha value is -1.53. The summed E-state index contributed by atoms with van der Waals surface area (Å²) in [6, 6.07) is 0. The molecule has 0 bridgehead atoms. The highest BCUT2D eigenvalue weighted by Gasteiger charge is 2.40. The topological polar surface area (TPSA) is 45.2 Å². The van der Waals surface area contributed by atoms with Crippen molar-refractivity contribution >= 4 is 17.2 Å². The third-order valence-corrected chi connectivity index (χ3v) is 5.68. The van der Waals surface area contributed by atoms with Gasteiger partial charge in [0.05, 0.1) is 5.01 Å². The molecule has 5 nitrogen and oxygen atoms in total. The van der Waals surface area contributed by atoms with Crippen molar-refractivity contribution in [2.75, 3.05) is 31.1 Å². The third kappa shape index (κ3) is 2.61. The third-order valence-electron chi connectivity index (χ3n) is 4.78. The van der Waals surface area contributed by atoms with Crippen molar-refractivity contribution in [2.24, 2.45) is 11.8 Å². The molecule has 2 aromatic rings. The fourth-order valence-corrected chi connectivity index (χ4v) is 4.65. The summed E-state index contributed by atoms with van der Waals surface area (Å²) in [5.41, 5.74) is 1.18. The maximum Gasteiger partial charge on any atom is 0.134 e. The molecule has 4 rings (SSSR count). The number of hydrogen-bond acceptors (Lipinski definition) is 6. The molecule has 0 aliphatic carbocycles. The zero-order valence-corrected chi connectivity index (χ0v) is 13.9. The van der Waals surface area contributed by atoms with Gasteiger partial charge in [0.25, 0.3) is 0 Å². The van der Waals surface area contributed by atoms with Crippen molar-refractivity contribution < 1.29 is 0 Å². The molecule has 2 fully saturated rings. The molecule has 4 heterocycles. The number of anilines is 1. The molecule has 6 heteroatoms. The second-order valence-corrected chi connectivity index (χ2v) is 7.81. The first kappa shape index (κ1) is 14.1. The van der Waals surface area contributed by atoms with Gasteiger partial charge >= 0.3 is 0 Å². The normalized spacial score (nSPS) is 24.9. The highest BCUT2D eigenvalue weighted by molar-refractivity contribution is 7.11. The van der Waals surface area contributed by atoms with E-state index in [1.165, 1.54) is 28.5 Å². The van der Waals surface area contributed by atoms with Gasteiger partial charge in [-0.15, -0.1) is 11.3 Å². The van der Waals surface area contributed by atoms with Crippen LogP contribution in [-0.2, 0) is 6.54 Å². The van der Waals surface area contributed by atoms with E-state index in [1.54, 1.807) is 6.33 Å². The summed E-state index contributed by atoms with van der Waals surface area (Å²) in [4.78, 5) is 19.4. The predicted octanol–water partition coefficient (Wildman–Crippen LogP) is 2.12. The largest absolute Gasteiger partial charge is 0.356 e. The predicted molar refractivity (Wildman–Crippen MR) is 88.1 cm³/mol. The highest BCUT2D eigenvalue weighted by atomic mass is 32.1. The van der Waals surface area contributed by atoms with Crippen molar-refractivity contribution in [1.82, 2.24) is 19.9 Å². The molecular weight excluding hydrogens is 294 g/mol. The van der Waals surface area contributed by atoms with Crippen LogP contribution in [-0.4, -0.2) is 46.0 Å². The van der Waals surface area contributed by atoms with Gasteiger partial charge in [-0.1, -0.05) is 0 Å². The first-order chi connectivity index (χ1) is 10.7. The standard InChI is InChI=1S/C16H21N5S/c1-11-3-17-10-19-16(11)21-7-13-5-20(6-14(13)8-21)9-15-4-18-12(2)22-15/h3-4,10,13-14H,5-9H2,1-2H3. The van der Waals surface area contributed by atoms with Crippen molar-refractivity contribution in [3.05, 3.63) is 34.2 Å². The lowest BCUT2D eigenvalue weighted by atomic mass is 10.0. The zero-order valence-electron chi connectivity index (χ0n) is 13.1. The Bertz CT molecular complexity index is 656. The van der Waals surface area contributed by atoms with Crippen LogP contribution in [0.25, 0.3) is 0 Å². The Morgan fingerprint density at radius 3 is 2.50 bits per heavy atom. The molecule has 0 amide bonds. The first-order valence-electron chi connectivity index (χ1n) is 7.84. The summed E-state index contributed by atoms with van der Waals surface area (Å²) < 4.78 is 0.